The molecular formula is C17H17N5O. The van der Waals surface area contributed by atoms with E-state index in [4.69, 9.17) is 10.8 Å². The van der Waals surface area contributed by atoms with Gasteiger partial charge < -0.3 is 15.8 Å². The highest BCUT2D eigenvalue weighted by Crippen LogP contribution is 2.29. The van der Waals surface area contributed by atoms with E-state index in [1.54, 1.807) is 10.9 Å². The molecule has 0 fully saturated rings. The number of fused-ring (bicyclic) bond motifs is 3. The minimum absolute atomic E-state index is 0.178. The lowest BCUT2D eigenvalue weighted by atomic mass is 10.1. The number of aliphatic hydroxyl groups excluding tert-OH is 1. The Hall–Kier alpha value is -2.86. The molecule has 0 saturated carbocycles. The van der Waals surface area contributed by atoms with Crippen LogP contribution in [0.15, 0.2) is 42.7 Å². The Morgan fingerprint density at radius 2 is 2.13 bits per heavy atom. The molecule has 1 aromatic carbocycles. The predicted octanol–water partition coefficient (Wildman–Crippen LogP) is 2.41. The van der Waals surface area contributed by atoms with Crippen LogP contribution < -0.4 is 5.73 Å². The third kappa shape index (κ3) is 2.33. The maximum Gasteiger partial charge on any atom is 0.133 e. The Kier molecular flexibility index (Phi) is 3.24. The van der Waals surface area contributed by atoms with Crippen molar-refractivity contribution in [2.24, 2.45) is 0 Å². The van der Waals surface area contributed by atoms with Gasteiger partial charge in [0.25, 0.3) is 0 Å². The van der Waals surface area contributed by atoms with Gasteiger partial charge >= 0.3 is 0 Å². The van der Waals surface area contributed by atoms with Crippen LogP contribution in [-0.2, 0) is 6.42 Å². The van der Waals surface area contributed by atoms with Crippen molar-refractivity contribution in [1.29, 1.82) is 0 Å². The van der Waals surface area contributed by atoms with Crippen molar-refractivity contribution < 1.29 is 5.11 Å². The number of aromatic amines is 1. The largest absolute Gasteiger partial charge is 0.396 e. The Labute approximate surface area is 132 Å². The van der Waals surface area contributed by atoms with E-state index in [0.29, 0.717) is 5.82 Å². The number of anilines is 1. The van der Waals surface area contributed by atoms with E-state index in [1.165, 1.54) is 0 Å². The molecule has 4 N–H and O–H groups in total. The van der Waals surface area contributed by atoms with Gasteiger partial charge in [-0.3, -0.25) is 0 Å². The van der Waals surface area contributed by atoms with Crippen LogP contribution in [0.25, 0.3) is 27.5 Å². The molecule has 0 unspecified atom stereocenters. The monoisotopic (exact) mass is 307 g/mol. The van der Waals surface area contributed by atoms with Gasteiger partial charge in [0.15, 0.2) is 0 Å². The maximum absolute atomic E-state index is 8.99. The average Bonchev–Trinajstić information content (AvgIpc) is 3.22. The predicted molar refractivity (Wildman–Crippen MR) is 90.5 cm³/mol. The molecule has 0 bridgehead atoms. The first-order valence-corrected chi connectivity index (χ1v) is 7.58. The first-order valence-electron chi connectivity index (χ1n) is 7.58. The van der Waals surface area contributed by atoms with Gasteiger partial charge in [-0.15, -0.1) is 0 Å². The molecule has 0 aliphatic rings. The van der Waals surface area contributed by atoms with Crippen LogP contribution in [0.4, 0.5) is 5.82 Å². The van der Waals surface area contributed by atoms with E-state index >= 15 is 0 Å². The smallest absolute Gasteiger partial charge is 0.133 e. The second-order valence-corrected chi connectivity index (χ2v) is 5.56. The highest BCUT2D eigenvalue weighted by atomic mass is 16.2. The second kappa shape index (κ2) is 5.40. The quantitative estimate of drug-likeness (QED) is 0.540. The molecule has 23 heavy (non-hydrogen) atoms. The van der Waals surface area contributed by atoms with Crippen LogP contribution in [0.1, 0.15) is 12.1 Å². The summed E-state index contributed by atoms with van der Waals surface area (Å²) >= 11 is 0. The van der Waals surface area contributed by atoms with Gasteiger partial charge in [0.1, 0.15) is 5.82 Å². The number of benzene rings is 1. The van der Waals surface area contributed by atoms with Crippen molar-refractivity contribution in [3.05, 3.63) is 48.4 Å². The number of nitrogens with two attached hydrogens (primary N) is 1. The molecule has 3 heterocycles. The Morgan fingerprint density at radius 1 is 1.22 bits per heavy atom. The summed E-state index contributed by atoms with van der Waals surface area (Å²) in [4.78, 5) is 7.95. The summed E-state index contributed by atoms with van der Waals surface area (Å²) < 4.78 is 1.79. The highest BCUT2D eigenvalue weighted by molar-refractivity contribution is 6.08. The number of nitrogens with one attached hydrogen (secondary N) is 1. The second-order valence-electron chi connectivity index (χ2n) is 5.56. The molecule has 116 valence electrons. The molecular weight excluding hydrogens is 290 g/mol. The molecule has 0 aliphatic heterocycles. The molecule has 0 amide bonds. The van der Waals surface area contributed by atoms with Gasteiger partial charge in [-0.1, -0.05) is 0 Å². The number of aliphatic hydroxyl groups is 1. The first kappa shape index (κ1) is 13.8. The van der Waals surface area contributed by atoms with Gasteiger partial charge in [-0.2, -0.15) is 5.10 Å². The number of rotatable bonds is 4. The molecule has 4 aromatic rings. The van der Waals surface area contributed by atoms with Crippen LogP contribution in [-0.4, -0.2) is 31.5 Å². The lowest BCUT2D eigenvalue weighted by molar-refractivity contribution is 0.288. The van der Waals surface area contributed by atoms with E-state index in [9.17, 15) is 0 Å². The molecule has 0 saturated heterocycles. The minimum Gasteiger partial charge on any atom is -0.396 e. The molecule has 0 aliphatic carbocycles. The normalized spacial score (nSPS) is 11.5. The molecule has 3 aromatic heterocycles. The fourth-order valence-electron chi connectivity index (χ4n) is 2.91. The number of aryl methyl sites for hydroxylation is 1. The Morgan fingerprint density at radius 3 is 2.91 bits per heavy atom. The summed E-state index contributed by atoms with van der Waals surface area (Å²) in [5, 5.41) is 15.2. The molecule has 6 nitrogen and oxygen atoms in total. The van der Waals surface area contributed by atoms with Gasteiger partial charge in [-0.25, -0.2) is 9.67 Å². The van der Waals surface area contributed by atoms with Gasteiger partial charge in [-0.05, 0) is 43.2 Å². The summed E-state index contributed by atoms with van der Waals surface area (Å²) in [6, 6.07) is 9.93. The molecule has 0 spiro atoms. The lowest BCUT2D eigenvalue weighted by Crippen LogP contribution is -1.96. The summed E-state index contributed by atoms with van der Waals surface area (Å²) in [7, 11) is 0. The van der Waals surface area contributed by atoms with Crippen LogP contribution in [0, 0.1) is 0 Å². The number of nitrogens with zero attached hydrogens (tertiary/aromatic N) is 3. The first-order chi connectivity index (χ1) is 11.3. The molecule has 4 rings (SSSR count). The van der Waals surface area contributed by atoms with Crippen molar-refractivity contribution in [2.75, 3.05) is 12.3 Å². The molecule has 0 radical (unpaired) electrons. The van der Waals surface area contributed by atoms with Crippen LogP contribution in [0.5, 0.6) is 0 Å². The fraction of sp³-hybridized carbons (Fsp3) is 0.176. The summed E-state index contributed by atoms with van der Waals surface area (Å²) in [6.07, 6.45) is 5.15. The zero-order chi connectivity index (χ0) is 15.8. The van der Waals surface area contributed by atoms with Crippen molar-refractivity contribution in [3.8, 4) is 5.69 Å². The Balaban J connectivity index is 1.89. The van der Waals surface area contributed by atoms with Crippen LogP contribution in [0.2, 0.25) is 0 Å². The van der Waals surface area contributed by atoms with Crippen LogP contribution in [0.3, 0.4) is 0 Å². The van der Waals surface area contributed by atoms with Gasteiger partial charge in [0.05, 0.1) is 16.7 Å². The summed E-state index contributed by atoms with van der Waals surface area (Å²) in [5.41, 5.74) is 9.96. The molecule has 6 heteroatoms. The molecule has 0 atom stereocenters. The SMILES string of the molecule is Nc1nc2cc(-n3cccn3)ccc2c2[nH]c(CCCO)cc12. The van der Waals surface area contributed by atoms with Crippen molar-refractivity contribution in [3.63, 3.8) is 0 Å². The zero-order valence-corrected chi connectivity index (χ0v) is 12.5. The van der Waals surface area contributed by atoms with Crippen LogP contribution >= 0.6 is 0 Å². The number of hydrogen-bond acceptors (Lipinski definition) is 4. The number of H-pyrrole nitrogens is 1. The zero-order valence-electron chi connectivity index (χ0n) is 12.5. The number of nitrogen functional groups attached to an aromatic ring is 1. The maximum atomic E-state index is 8.99. The number of pyridine rings is 1. The van der Waals surface area contributed by atoms with Crippen molar-refractivity contribution >= 4 is 27.6 Å². The third-order valence-electron chi connectivity index (χ3n) is 4.01. The van der Waals surface area contributed by atoms with Crippen molar-refractivity contribution in [2.45, 2.75) is 12.8 Å². The highest BCUT2D eigenvalue weighted by Gasteiger charge is 2.11. The standard InChI is InChI=1S/C17H17N5O/c18-17-14-9-11(3-1-8-23)20-16(14)13-5-4-12(10-15(13)21-17)22-7-2-6-19-22/h2,4-7,9-10,20,23H,1,3,8H2,(H2,18,21). The van der Waals surface area contributed by atoms with E-state index in [-0.39, 0.29) is 6.61 Å². The van der Waals surface area contributed by atoms with E-state index in [2.05, 4.69) is 15.1 Å². The van der Waals surface area contributed by atoms with Crippen molar-refractivity contribution in [1.82, 2.24) is 19.7 Å². The summed E-state index contributed by atoms with van der Waals surface area (Å²) in [5.74, 6) is 0.511. The average molecular weight is 307 g/mol. The van der Waals surface area contributed by atoms with E-state index in [0.717, 1.165) is 46.0 Å². The van der Waals surface area contributed by atoms with E-state index in [1.807, 2.05) is 36.5 Å². The lowest BCUT2D eigenvalue weighted by Gasteiger charge is -2.06. The Bertz CT molecular complexity index is 972. The third-order valence-corrected chi connectivity index (χ3v) is 4.01. The van der Waals surface area contributed by atoms with Gasteiger partial charge in [0.2, 0.25) is 0 Å². The van der Waals surface area contributed by atoms with E-state index < -0.39 is 0 Å². The summed E-state index contributed by atoms with van der Waals surface area (Å²) in [6.45, 7) is 0.178. The van der Waals surface area contributed by atoms with Gasteiger partial charge in [0, 0.05) is 35.5 Å². The number of aromatic nitrogens is 4. The minimum atomic E-state index is 0.178. The number of hydrogen-bond donors (Lipinski definition) is 3. The fourth-order valence-corrected chi connectivity index (χ4v) is 2.91. The topological polar surface area (TPSA) is 92.8 Å².